The standard InChI is InChI=1S/C13H15BrN2OS2/c1-17-7-11-12(6-15)19-13(16-11)8-18-10-4-2-3-9(14)5-10/h2-5H,6-8,15H2,1H3. The molecule has 102 valence electrons. The molecule has 1 heterocycles. The molecule has 0 fully saturated rings. The molecule has 2 N–H and O–H groups in total. The van der Waals surface area contributed by atoms with Gasteiger partial charge in [0.25, 0.3) is 0 Å². The normalized spacial score (nSPS) is 10.9. The van der Waals surface area contributed by atoms with Gasteiger partial charge in [-0.05, 0) is 18.2 Å². The summed E-state index contributed by atoms with van der Waals surface area (Å²) in [4.78, 5) is 6.94. The van der Waals surface area contributed by atoms with Crippen molar-refractivity contribution in [2.24, 2.45) is 5.73 Å². The molecule has 0 atom stereocenters. The molecule has 1 aromatic carbocycles. The lowest BCUT2D eigenvalue weighted by Gasteiger charge is -1.99. The number of nitrogens with zero attached hydrogens (tertiary/aromatic N) is 1. The Morgan fingerprint density at radius 2 is 2.32 bits per heavy atom. The Morgan fingerprint density at radius 3 is 3.00 bits per heavy atom. The van der Waals surface area contributed by atoms with E-state index in [1.807, 2.05) is 12.1 Å². The van der Waals surface area contributed by atoms with Gasteiger partial charge in [-0.15, -0.1) is 23.1 Å². The first-order chi connectivity index (χ1) is 9.22. The van der Waals surface area contributed by atoms with E-state index in [-0.39, 0.29) is 0 Å². The largest absolute Gasteiger partial charge is 0.378 e. The van der Waals surface area contributed by atoms with E-state index in [2.05, 4.69) is 33.0 Å². The SMILES string of the molecule is COCc1nc(CSc2cccc(Br)c2)sc1CN. The zero-order chi connectivity index (χ0) is 13.7. The van der Waals surface area contributed by atoms with Crippen LogP contribution < -0.4 is 5.73 Å². The number of benzene rings is 1. The topological polar surface area (TPSA) is 48.1 Å². The summed E-state index contributed by atoms with van der Waals surface area (Å²) in [5.41, 5.74) is 6.70. The van der Waals surface area contributed by atoms with Crippen LogP contribution in [-0.4, -0.2) is 12.1 Å². The highest BCUT2D eigenvalue weighted by Crippen LogP contribution is 2.28. The fourth-order valence-corrected chi connectivity index (χ4v) is 4.06. The Bertz CT molecular complexity index is 545. The number of nitrogens with two attached hydrogens (primary N) is 1. The summed E-state index contributed by atoms with van der Waals surface area (Å²) in [5, 5.41) is 1.09. The average molecular weight is 359 g/mol. The molecule has 2 rings (SSSR count). The number of thioether (sulfide) groups is 1. The zero-order valence-corrected chi connectivity index (χ0v) is 13.8. The molecule has 0 saturated carbocycles. The molecular formula is C13H15BrN2OS2. The molecule has 19 heavy (non-hydrogen) atoms. The van der Waals surface area contributed by atoms with E-state index >= 15 is 0 Å². The van der Waals surface area contributed by atoms with Crippen molar-refractivity contribution in [2.45, 2.75) is 23.8 Å². The van der Waals surface area contributed by atoms with Crippen molar-refractivity contribution < 1.29 is 4.74 Å². The Balaban J connectivity index is 2.03. The lowest BCUT2D eigenvalue weighted by atomic mass is 10.4. The van der Waals surface area contributed by atoms with Gasteiger partial charge in [-0.25, -0.2) is 4.98 Å². The lowest BCUT2D eigenvalue weighted by Crippen LogP contribution is -1.99. The number of rotatable bonds is 6. The minimum Gasteiger partial charge on any atom is -0.378 e. The zero-order valence-electron chi connectivity index (χ0n) is 10.6. The first-order valence-electron chi connectivity index (χ1n) is 5.77. The van der Waals surface area contributed by atoms with Crippen molar-refractivity contribution in [3.8, 4) is 0 Å². The number of ether oxygens (including phenoxy) is 1. The molecule has 0 aliphatic carbocycles. The third-order valence-electron chi connectivity index (χ3n) is 2.45. The highest BCUT2D eigenvalue weighted by molar-refractivity contribution is 9.10. The average Bonchev–Trinajstić information content (AvgIpc) is 2.79. The van der Waals surface area contributed by atoms with Gasteiger partial charge >= 0.3 is 0 Å². The van der Waals surface area contributed by atoms with Crippen LogP contribution in [0.25, 0.3) is 0 Å². The van der Waals surface area contributed by atoms with Crippen molar-refractivity contribution >= 4 is 39.0 Å². The summed E-state index contributed by atoms with van der Waals surface area (Å²) in [5.74, 6) is 0.859. The highest BCUT2D eigenvalue weighted by atomic mass is 79.9. The monoisotopic (exact) mass is 358 g/mol. The smallest absolute Gasteiger partial charge is 0.104 e. The Morgan fingerprint density at radius 1 is 1.47 bits per heavy atom. The van der Waals surface area contributed by atoms with Gasteiger partial charge in [0.1, 0.15) is 5.01 Å². The number of halogens is 1. The van der Waals surface area contributed by atoms with Crippen LogP contribution in [0.3, 0.4) is 0 Å². The molecule has 0 saturated heterocycles. The maximum absolute atomic E-state index is 5.72. The van der Waals surface area contributed by atoms with Gasteiger partial charge in [0, 0.05) is 27.9 Å². The van der Waals surface area contributed by atoms with Crippen LogP contribution in [0.1, 0.15) is 15.6 Å². The summed E-state index contributed by atoms with van der Waals surface area (Å²) >= 11 is 6.93. The maximum atomic E-state index is 5.72. The molecule has 0 spiro atoms. The first-order valence-corrected chi connectivity index (χ1v) is 8.37. The van der Waals surface area contributed by atoms with Crippen molar-refractivity contribution in [1.29, 1.82) is 0 Å². The minimum absolute atomic E-state index is 0.526. The second-order valence-electron chi connectivity index (χ2n) is 3.86. The lowest BCUT2D eigenvalue weighted by molar-refractivity contribution is 0.181. The summed E-state index contributed by atoms with van der Waals surface area (Å²) < 4.78 is 6.23. The Hall–Kier alpha value is -0.400. The predicted octanol–water partition coefficient (Wildman–Crippen LogP) is 3.80. The van der Waals surface area contributed by atoms with Crippen LogP contribution in [0, 0.1) is 0 Å². The summed E-state index contributed by atoms with van der Waals surface area (Å²) in [6, 6.07) is 8.27. The number of methoxy groups -OCH3 is 1. The Labute approximate surface area is 129 Å². The molecule has 3 nitrogen and oxygen atoms in total. The second kappa shape index (κ2) is 7.40. The predicted molar refractivity (Wildman–Crippen MR) is 84.4 cm³/mol. The minimum atomic E-state index is 0.526. The quantitative estimate of drug-likeness (QED) is 0.797. The van der Waals surface area contributed by atoms with Crippen molar-refractivity contribution in [1.82, 2.24) is 4.98 Å². The fraction of sp³-hybridized carbons (Fsp3) is 0.308. The van der Waals surface area contributed by atoms with E-state index in [0.29, 0.717) is 13.2 Å². The van der Waals surface area contributed by atoms with Crippen LogP contribution in [0.15, 0.2) is 33.6 Å². The van der Waals surface area contributed by atoms with Gasteiger partial charge in [-0.1, -0.05) is 22.0 Å². The van der Waals surface area contributed by atoms with E-state index in [0.717, 1.165) is 25.8 Å². The molecular weight excluding hydrogens is 344 g/mol. The first kappa shape index (κ1) is 15.0. The van der Waals surface area contributed by atoms with Gasteiger partial charge < -0.3 is 10.5 Å². The molecule has 1 aromatic heterocycles. The van der Waals surface area contributed by atoms with Gasteiger partial charge in [0.05, 0.1) is 18.1 Å². The molecule has 0 radical (unpaired) electrons. The van der Waals surface area contributed by atoms with Crippen LogP contribution >= 0.6 is 39.0 Å². The molecule has 6 heteroatoms. The molecule has 0 aliphatic heterocycles. The summed E-state index contributed by atoms with van der Waals surface area (Å²) in [6.07, 6.45) is 0. The number of aromatic nitrogens is 1. The van der Waals surface area contributed by atoms with Crippen molar-refractivity contribution in [2.75, 3.05) is 7.11 Å². The summed E-state index contributed by atoms with van der Waals surface area (Å²) in [7, 11) is 1.68. The molecule has 0 aliphatic rings. The van der Waals surface area contributed by atoms with E-state index < -0.39 is 0 Å². The highest BCUT2D eigenvalue weighted by Gasteiger charge is 2.10. The van der Waals surface area contributed by atoms with Gasteiger partial charge in [-0.3, -0.25) is 0 Å². The third kappa shape index (κ3) is 4.29. The molecule has 0 amide bonds. The number of hydrogen-bond acceptors (Lipinski definition) is 5. The summed E-state index contributed by atoms with van der Waals surface area (Å²) in [6.45, 7) is 1.06. The van der Waals surface area contributed by atoms with Crippen LogP contribution in [-0.2, 0) is 23.6 Å². The molecule has 0 unspecified atom stereocenters. The van der Waals surface area contributed by atoms with E-state index in [1.165, 1.54) is 4.90 Å². The third-order valence-corrected chi connectivity index (χ3v) is 5.25. The number of thiazole rings is 1. The van der Waals surface area contributed by atoms with Gasteiger partial charge in [0.15, 0.2) is 0 Å². The van der Waals surface area contributed by atoms with Crippen molar-refractivity contribution in [3.63, 3.8) is 0 Å². The van der Waals surface area contributed by atoms with E-state index in [1.54, 1.807) is 30.2 Å². The van der Waals surface area contributed by atoms with Crippen LogP contribution in [0.5, 0.6) is 0 Å². The van der Waals surface area contributed by atoms with E-state index in [9.17, 15) is 0 Å². The molecule has 2 aromatic rings. The second-order valence-corrected chi connectivity index (χ2v) is 6.99. The van der Waals surface area contributed by atoms with Crippen LogP contribution in [0.2, 0.25) is 0 Å². The van der Waals surface area contributed by atoms with Gasteiger partial charge in [0.2, 0.25) is 0 Å². The van der Waals surface area contributed by atoms with Gasteiger partial charge in [-0.2, -0.15) is 0 Å². The fourth-order valence-electron chi connectivity index (χ4n) is 1.61. The van der Waals surface area contributed by atoms with Crippen LogP contribution in [0.4, 0.5) is 0 Å². The van der Waals surface area contributed by atoms with E-state index in [4.69, 9.17) is 10.5 Å². The van der Waals surface area contributed by atoms with Crippen molar-refractivity contribution in [3.05, 3.63) is 44.3 Å². The molecule has 0 bridgehead atoms. The maximum Gasteiger partial charge on any atom is 0.104 e. The Kier molecular flexibility index (Phi) is 5.84. The number of hydrogen-bond donors (Lipinski definition) is 1.